The molecule has 1 heterocycles. The van der Waals surface area contributed by atoms with Crippen molar-refractivity contribution in [2.45, 2.75) is 37.6 Å². The molecular formula is C32H30N2O6S. The third-order valence-corrected chi connectivity index (χ3v) is 8.02. The molecule has 1 unspecified atom stereocenters. The van der Waals surface area contributed by atoms with E-state index in [9.17, 15) is 19.5 Å². The first-order chi connectivity index (χ1) is 19.9. The average Bonchev–Trinajstić information content (AvgIpc) is 3.63. The van der Waals surface area contributed by atoms with Crippen LogP contribution in [-0.4, -0.2) is 41.8 Å². The molecule has 210 valence electrons. The molecule has 5 rings (SSSR count). The van der Waals surface area contributed by atoms with Crippen LogP contribution in [0.25, 0.3) is 11.1 Å². The first kappa shape index (κ1) is 28.1. The van der Waals surface area contributed by atoms with Crippen LogP contribution >= 0.6 is 11.3 Å². The zero-order chi connectivity index (χ0) is 28.8. The molecule has 4 aromatic rings. The molecule has 3 atom stereocenters. The van der Waals surface area contributed by atoms with Gasteiger partial charge in [0, 0.05) is 10.8 Å². The predicted octanol–water partition coefficient (Wildman–Crippen LogP) is 5.50. The Kier molecular flexibility index (Phi) is 8.76. The number of nitrogens with one attached hydrogen (secondary N) is 2. The molecule has 41 heavy (non-hydrogen) atoms. The fourth-order valence-electron chi connectivity index (χ4n) is 4.99. The number of carbonyl (C=O) groups is 3. The van der Waals surface area contributed by atoms with Crippen LogP contribution in [0, 0.1) is 0 Å². The lowest BCUT2D eigenvalue weighted by molar-refractivity contribution is -0.146. The highest BCUT2D eigenvalue weighted by Gasteiger charge is 2.33. The Balaban J connectivity index is 1.25. The van der Waals surface area contributed by atoms with E-state index in [1.165, 1.54) is 11.3 Å². The summed E-state index contributed by atoms with van der Waals surface area (Å²) >= 11 is 1.27. The third kappa shape index (κ3) is 6.48. The van der Waals surface area contributed by atoms with Gasteiger partial charge in [-0.05, 0) is 46.2 Å². The third-order valence-electron chi connectivity index (χ3n) is 7.08. The number of carbonyl (C=O) groups excluding carboxylic acids is 2. The number of aliphatic carboxylic acids is 1. The van der Waals surface area contributed by atoms with Gasteiger partial charge in [0.15, 0.2) is 6.04 Å². The van der Waals surface area contributed by atoms with Crippen molar-refractivity contribution < 1.29 is 29.0 Å². The topological polar surface area (TPSA) is 114 Å². The number of ether oxygens (including phenoxy) is 2. The van der Waals surface area contributed by atoms with Crippen LogP contribution in [0.1, 0.15) is 40.5 Å². The van der Waals surface area contributed by atoms with E-state index in [4.69, 9.17) is 9.47 Å². The van der Waals surface area contributed by atoms with E-state index in [0.717, 1.165) is 27.8 Å². The van der Waals surface area contributed by atoms with Gasteiger partial charge >= 0.3 is 12.1 Å². The number of amides is 2. The number of carboxylic acids is 1. The summed E-state index contributed by atoms with van der Waals surface area (Å²) in [7, 11) is 0. The molecule has 0 aliphatic heterocycles. The molecule has 1 aromatic heterocycles. The van der Waals surface area contributed by atoms with Gasteiger partial charge in [0.1, 0.15) is 12.6 Å². The van der Waals surface area contributed by atoms with Gasteiger partial charge in [-0.25, -0.2) is 9.59 Å². The van der Waals surface area contributed by atoms with Crippen LogP contribution < -0.4 is 10.6 Å². The summed E-state index contributed by atoms with van der Waals surface area (Å²) in [5.74, 6) is -2.06. The van der Waals surface area contributed by atoms with E-state index >= 15 is 0 Å². The number of hydrogen-bond acceptors (Lipinski definition) is 6. The van der Waals surface area contributed by atoms with Crippen LogP contribution in [0.15, 0.2) is 96.4 Å². The number of thiophene rings is 1. The van der Waals surface area contributed by atoms with Gasteiger partial charge in [0.2, 0.25) is 5.91 Å². The van der Waals surface area contributed by atoms with Crippen molar-refractivity contribution in [3.05, 3.63) is 118 Å². The minimum atomic E-state index is -1.34. The predicted molar refractivity (Wildman–Crippen MR) is 156 cm³/mol. The largest absolute Gasteiger partial charge is 0.480 e. The quantitative estimate of drug-likeness (QED) is 0.219. The molecule has 0 radical (unpaired) electrons. The van der Waals surface area contributed by atoms with Crippen LogP contribution in [0.3, 0.4) is 0 Å². The second-order valence-electron chi connectivity index (χ2n) is 9.74. The second kappa shape index (κ2) is 12.8. The van der Waals surface area contributed by atoms with Crippen molar-refractivity contribution >= 4 is 29.3 Å². The van der Waals surface area contributed by atoms with Gasteiger partial charge in [-0.3, -0.25) is 4.79 Å². The van der Waals surface area contributed by atoms with Gasteiger partial charge in [-0.1, -0.05) is 84.9 Å². The molecule has 0 saturated carbocycles. The second-order valence-corrected chi connectivity index (χ2v) is 10.7. The summed E-state index contributed by atoms with van der Waals surface area (Å²) in [6.45, 7) is 1.86. The van der Waals surface area contributed by atoms with Crippen LogP contribution in [0.5, 0.6) is 0 Å². The molecule has 0 spiro atoms. The summed E-state index contributed by atoms with van der Waals surface area (Å²) in [6, 6.07) is 26.3. The van der Waals surface area contributed by atoms with Gasteiger partial charge < -0.3 is 25.2 Å². The Morgan fingerprint density at radius 2 is 1.49 bits per heavy atom. The van der Waals surface area contributed by atoms with Gasteiger partial charge in [0.05, 0.1) is 12.7 Å². The van der Waals surface area contributed by atoms with E-state index in [0.29, 0.717) is 4.88 Å². The van der Waals surface area contributed by atoms with Crippen molar-refractivity contribution in [3.8, 4) is 11.1 Å². The summed E-state index contributed by atoms with van der Waals surface area (Å²) in [5, 5.41) is 16.8. The molecule has 8 nitrogen and oxygen atoms in total. The highest BCUT2D eigenvalue weighted by atomic mass is 32.1. The maximum absolute atomic E-state index is 13.4. The molecule has 2 amide bonds. The minimum absolute atomic E-state index is 0.0841. The standard InChI is InChI=1S/C32H30N2O6S/c1-20(39-18-21-10-3-2-4-11-21)28(31(36)37)33-30(35)29(27-16-9-17-41-27)34-32(38)40-19-26-24-14-7-5-12-22(24)23-13-6-8-15-25(23)26/h2-17,20,26,28-29H,18-19H2,1H3,(H,33,35)(H,34,38)(H,36,37)/t20-,28+,29?/m1/s1. The van der Waals surface area contributed by atoms with Crippen molar-refractivity contribution in [2.24, 2.45) is 0 Å². The number of benzene rings is 3. The lowest BCUT2D eigenvalue weighted by atomic mass is 9.98. The van der Waals surface area contributed by atoms with E-state index in [1.54, 1.807) is 24.4 Å². The maximum Gasteiger partial charge on any atom is 0.408 e. The lowest BCUT2D eigenvalue weighted by Gasteiger charge is -2.25. The van der Waals surface area contributed by atoms with Crippen LogP contribution in [-0.2, 0) is 25.7 Å². The van der Waals surface area contributed by atoms with E-state index in [-0.39, 0.29) is 19.1 Å². The monoisotopic (exact) mass is 570 g/mol. The zero-order valence-electron chi connectivity index (χ0n) is 22.4. The molecule has 0 fully saturated rings. The molecule has 3 aromatic carbocycles. The first-order valence-corrected chi connectivity index (χ1v) is 14.1. The van der Waals surface area contributed by atoms with Gasteiger partial charge in [0.25, 0.3) is 0 Å². The normalized spacial score (nSPS) is 14.3. The number of alkyl carbamates (subject to hydrolysis) is 1. The Morgan fingerprint density at radius 3 is 2.10 bits per heavy atom. The first-order valence-electron chi connectivity index (χ1n) is 13.3. The highest BCUT2D eigenvalue weighted by molar-refractivity contribution is 7.10. The molecule has 1 aliphatic rings. The van der Waals surface area contributed by atoms with Crippen molar-refractivity contribution in [3.63, 3.8) is 0 Å². The Hall–Kier alpha value is -4.47. The fraction of sp³-hybridized carbons (Fsp3) is 0.219. The Labute approximate surface area is 241 Å². The molecule has 3 N–H and O–H groups in total. The van der Waals surface area contributed by atoms with Crippen molar-refractivity contribution in [1.82, 2.24) is 10.6 Å². The molecule has 0 saturated heterocycles. The Morgan fingerprint density at radius 1 is 0.854 bits per heavy atom. The molecular weight excluding hydrogens is 540 g/mol. The van der Waals surface area contributed by atoms with Crippen LogP contribution in [0.2, 0.25) is 0 Å². The van der Waals surface area contributed by atoms with E-state index < -0.39 is 36.2 Å². The molecule has 0 bridgehead atoms. The highest BCUT2D eigenvalue weighted by Crippen LogP contribution is 2.44. The lowest BCUT2D eigenvalue weighted by Crippen LogP contribution is -2.52. The number of fused-ring (bicyclic) bond motifs is 3. The summed E-state index contributed by atoms with van der Waals surface area (Å²) in [4.78, 5) is 39.0. The van der Waals surface area contributed by atoms with Crippen molar-refractivity contribution in [1.29, 1.82) is 0 Å². The smallest absolute Gasteiger partial charge is 0.408 e. The minimum Gasteiger partial charge on any atom is -0.480 e. The number of rotatable bonds is 11. The Bertz CT molecular complexity index is 1460. The summed E-state index contributed by atoms with van der Waals surface area (Å²) in [5.41, 5.74) is 5.24. The average molecular weight is 571 g/mol. The van der Waals surface area contributed by atoms with Gasteiger partial charge in [-0.15, -0.1) is 11.3 Å². The fourth-order valence-corrected chi connectivity index (χ4v) is 5.77. The number of carboxylic acid groups (broad SMARTS) is 1. The van der Waals surface area contributed by atoms with Crippen LogP contribution in [0.4, 0.5) is 4.79 Å². The van der Waals surface area contributed by atoms with E-state index in [1.807, 2.05) is 66.7 Å². The van der Waals surface area contributed by atoms with Gasteiger partial charge in [-0.2, -0.15) is 0 Å². The molecule has 1 aliphatic carbocycles. The SMILES string of the molecule is C[C@@H](OCc1ccccc1)[C@H](NC(=O)C(NC(=O)OCC1c2ccccc2-c2ccccc21)c1cccs1)C(=O)O. The zero-order valence-corrected chi connectivity index (χ0v) is 23.2. The summed E-state index contributed by atoms with van der Waals surface area (Å²) < 4.78 is 11.4. The van der Waals surface area contributed by atoms with Crippen molar-refractivity contribution in [2.75, 3.05) is 6.61 Å². The summed E-state index contributed by atoms with van der Waals surface area (Å²) in [6.07, 6.45) is -1.62. The number of hydrogen-bond donors (Lipinski definition) is 3. The maximum atomic E-state index is 13.4. The molecule has 9 heteroatoms. The van der Waals surface area contributed by atoms with E-state index in [2.05, 4.69) is 22.8 Å².